The number of rotatable bonds is 7. The quantitative estimate of drug-likeness (QED) is 0.749. The maximum Gasteiger partial charge on any atom is 0.248 e. The molecule has 1 N–H and O–H groups in total. The van der Waals surface area contributed by atoms with E-state index in [0.717, 1.165) is 30.1 Å². The van der Waals surface area contributed by atoms with Crippen molar-refractivity contribution in [3.63, 3.8) is 0 Å². The Morgan fingerprint density at radius 2 is 2.00 bits per heavy atom. The number of fused-ring (bicyclic) bond motifs is 1. The van der Waals surface area contributed by atoms with Crippen LogP contribution in [0.2, 0.25) is 0 Å². The van der Waals surface area contributed by atoms with Gasteiger partial charge in [0.25, 0.3) is 0 Å². The molecule has 1 saturated carbocycles. The summed E-state index contributed by atoms with van der Waals surface area (Å²) in [5, 5.41) is 11.9. The van der Waals surface area contributed by atoms with Gasteiger partial charge in [-0.1, -0.05) is 18.9 Å². The number of benzene rings is 1. The molecule has 0 saturated heterocycles. The van der Waals surface area contributed by atoms with Crippen molar-refractivity contribution in [1.82, 2.24) is 20.1 Å². The van der Waals surface area contributed by atoms with E-state index in [9.17, 15) is 4.79 Å². The highest BCUT2D eigenvalue weighted by Crippen LogP contribution is 2.37. The third-order valence-corrected chi connectivity index (χ3v) is 6.22. The number of carbonyl (C=O) groups excluding carboxylic acids is 1. The highest BCUT2D eigenvalue weighted by Gasteiger charge is 2.43. The second-order valence-corrected chi connectivity index (χ2v) is 8.25. The number of hydrogen-bond donors (Lipinski definition) is 1. The molecule has 2 heterocycles. The summed E-state index contributed by atoms with van der Waals surface area (Å²) in [7, 11) is 3.23. The fourth-order valence-corrected chi connectivity index (χ4v) is 4.53. The SMILES string of the molecule is COc1ccc(CCNC(=O)C2(C)COCc3nnc(C4CCCC4)n32)cc1OC. The van der Waals surface area contributed by atoms with Crippen LogP contribution >= 0.6 is 0 Å². The molecule has 162 valence electrons. The zero-order chi connectivity index (χ0) is 21.1. The van der Waals surface area contributed by atoms with Crippen LogP contribution in [-0.2, 0) is 28.1 Å². The first-order chi connectivity index (χ1) is 14.6. The molecule has 0 bridgehead atoms. The zero-order valence-corrected chi connectivity index (χ0v) is 17.9. The maximum absolute atomic E-state index is 13.2. The van der Waals surface area contributed by atoms with Crippen LogP contribution in [-0.4, -0.2) is 48.0 Å². The molecule has 0 spiro atoms. The fourth-order valence-electron chi connectivity index (χ4n) is 4.53. The molecule has 1 fully saturated rings. The number of nitrogens with zero attached hydrogens (tertiary/aromatic N) is 3. The number of amides is 1. The van der Waals surface area contributed by atoms with Gasteiger partial charge < -0.3 is 19.5 Å². The summed E-state index contributed by atoms with van der Waals surface area (Å²) >= 11 is 0. The van der Waals surface area contributed by atoms with Gasteiger partial charge in [-0.05, 0) is 43.9 Å². The molecule has 0 radical (unpaired) electrons. The lowest BCUT2D eigenvalue weighted by atomic mass is 9.97. The van der Waals surface area contributed by atoms with Crippen molar-refractivity contribution < 1.29 is 19.0 Å². The van der Waals surface area contributed by atoms with E-state index in [1.54, 1.807) is 14.2 Å². The summed E-state index contributed by atoms with van der Waals surface area (Å²) < 4.78 is 18.4. The van der Waals surface area contributed by atoms with E-state index in [2.05, 4.69) is 15.5 Å². The van der Waals surface area contributed by atoms with Crippen LogP contribution in [0.3, 0.4) is 0 Å². The highest BCUT2D eigenvalue weighted by atomic mass is 16.5. The van der Waals surface area contributed by atoms with Gasteiger partial charge in [0.15, 0.2) is 17.3 Å². The normalized spacial score (nSPS) is 21.3. The van der Waals surface area contributed by atoms with Gasteiger partial charge in [0.1, 0.15) is 18.0 Å². The van der Waals surface area contributed by atoms with E-state index >= 15 is 0 Å². The molecule has 30 heavy (non-hydrogen) atoms. The van der Waals surface area contributed by atoms with Crippen molar-refractivity contribution in [2.24, 2.45) is 0 Å². The number of ether oxygens (including phenoxy) is 3. The van der Waals surface area contributed by atoms with Gasteiger partial charge in [-0.25, -0.2) is 0 Å². The van der Waals surface area contributed by atoms with Crippen LogP contribution in [0.1, 0.15) is 55.7 Å². The number of carbonyl (C=O) groups is 1. The number of methoxy groups -OCH3 is 2. The minimum Gasteiger partial charge on any atom is -0.493 e. The molecule has 2 aliphatic rings. The molecule has 1 atom stereocenters. The van der Waals surface area contributed by atoms with Crippen LogP contribution in [0, 0.1) is 0 Å². The third kappa shape index (κ3) is 3.76. The minimum atomic E-state index is -0.841. The summed E-state index contributed by atoms with van der Waals surface area (Å²) in [6.45, 7) is 3.15. The van der Waals surface area contributed by atoms with Crippen molar-refractivity contribution in [2.45, 2.75) is 57.1 Å². The largest absolute Gasteiger partial charge is 0.493 e. The maximum atomic E-state index is 13.2. The van der Waals surface area contributed by atoms with Gasteiger partial charge in [-0.2, -0.15) is 0 Å². The van der Waals surface area contributed by atoms with Crippen molar-refractivity contribution in [1.29, 1.82) is 0 Å². The van der Waals surface area contributed by atoms with Crippen LogP contribution in [0.5, 0.6) is 11.5 Å². The van der Waals surface area contributed by atoms with E-state index in [-0.39, 0.29) is 5.91 Å². The molecular formula is C22H30N4O4. The lowest BCUT2D eigenvalue weighted by Crippen LogP contribution is -2.53. The average Bonchev–Trinajstić information content (AvgIpc) is 3.44. The average molecular weight is 415 g/mol. The van der Waals surface area contributed by atoms with E-state index in [0.29, 0.717) is 43.6 Å². The predicted octanol–water partition coefficient (Wildman–Crippen LogP) is 2.56. The lowest BCUT2D eigenvalue weighted by Gasteiger charge is -2.36. The molecule has 1 amide bonds. The predicted molar refractivity (Wildman–Crippen MR) is 111 cm³/mol. The Labute approximate surface area is 176 Å². The van der Waals surface area contributed by atoms with Gasteiger partial charge in [0.2, 0.25) is 5.91 Å². The van der Waals surface area contributed by atoms with E-state index in [1.807, 2.05) is 29.7 Å². The lowest BCUT2D eigenvalue weighted by molar-refractivity contribution is -0.135. The first kappa shape index (κ1) is 20.7. The molecule has 1 unspecified atom stereocenters. The van der Waals surface area contributed by atoms with Gasteiger partial charge in [-0.3, -0.25) is 9.36 Å². The number of nitrogens with one attached hydrogen (secondary N) is 1. The van der Waals surface area contributed by atoms with E-state index in [1.165, 1.54) is 12.8 Å². The first-order valence-corrected chi connectivity index (χ1v) is 10.6. The summed E-state index contributed by atoms with van der Waals surface area (Å²) in [5.41, 5.74) is 0.224. The third-order valence-electron chi connectivity index (χ3n) is 6.22. The molecule has 8 nitrogen and oxygen atoms in total. The van der Waals surface area contributed by atoms with Crippen LogP contribution in [0.25, 0.3) is 0 Å². The van der Waals surface area contributed by atoms with Crippen molar-refractivity contribution >= 4 is 5.91 Å². The van der Waals surface area contributed by atoms with Crippen LogP contribution < -0.4 is 14.8 Å². The Bertz CT molecular complexity index is 907. The standard InChI is InChI=1S/C22H30N4O4/c1-22(14-30-13-19-24-25-20(26(19)22)16-6-4-5-7-16)21(27)23-11-10-15-8-9-17(28-2)18(12-15)29-3/h8-9,12,16H,4-7,10-11,13-14H2,1-3H3,(H,23,27). The second-order valence-electron chi connectivity index (χ2n) is 8.25. The Balaban J connectivity index is 1.46. The molecule has 4 rings (SSSR count). The number of aromatic nitrogens is 3. The molecule has 1 aliphatic carbocycles. The van der Waals surface area contributed by atoms with E-state index in [4.69, 9.17) is 14.2 Å². The molecule has 1 aliphatic heterocycles. The summed E-state index contributed by atoms with van der Waals surface area (Å²) in [4.78, 5) is 13.2. The molecular weight excluding hydrogens is 384 g/mol. The Morgan fingerprint density at radius 3 is 2.73 bits per heavy atom. The zero-order valence-electron chi connectivity index (χ0n) is 17.9. The van der Waals surface area contributed by atoms with Crippen molar-refractivity contribution in [2.75, 3.05) is 27.4 Å². The molecule has 1 aromatic heterocycles. The van der Waals surface area contributed by atoms with Gasteiger partial charge in [-0.15, -0.1) is 10.2 Å². The summed E-state index contributed by atoms with van der Waals surface area (Å²) in [6.07, 6.45) is 5.31. The molecule has 2 aromatic rings. The summed E-state index contributed by atoms with van der Waals surface area (Å²) in [6, 6.07) is 5.80. The highest BCUT2D eigenvalue weighted by molar-refractivity contribution is 5.84. The molecule has 1 aromatic carbocycles. The monoisotopic (exact) mass is 414 g/mol. The topological polar surface area (TPSA) is 87.5 Å². The van der Waals surface area contributed by atoms with Crippen molar-refractivity contribution in [3.05, 3.63) is 35.4 Å². The Morgan fingerprint density at radius 1 is 1.23 bits per heavy atom. The van der Waals surface area contributed by atoms with Crippen molar-refractivity contribution in [3.8, 4) is 11.5 Å². The summed E-state index contributed by atoms with van der Waals surface area (Å²) in [5.74, 6) is 3.36. The van der Waals surface area contributed by atoms with Gasteiger partial charge >= 0.3 is 0 Å². The first-order valence-electron chi connectivity index (χ1n) is 10.6. The van der Waals surface area contributed by atoms with Crippen LogP contribution in [0.15, 0.2) is 18.2 Å². The van der Waals surface area contributed by atoms with Crippen LogP contribution in [0.4, 0.5) is 0 Å². The molecule has 8 heteroatoms. The second kappa shape index (κ2) is 8.63. The van der Waals surface area contributed by atoms with E-state index < -0.39 is 5.54 Å². The van der Waals surface area contributed by atoms with Gasteiger partial charge in [0, 0.05) is 12.5 Å². The Hall–Kier alpha value is -2.61. The fraction of sp³-hybridized carbons (Fsp3) is 0.591. The Kier molecular flexibility index (Phi) is 5.94. The number of hydrogen-bond acceptors (Lipinski definition) is 6. The smallest absolute Gasteiger partial charge is 0.248 e. The minimum absolute atomic E-state index is 0.0667. The van der Waals surface area contributed by atoms with Gasteiger partial charge in [0.05, 0.1) is 20.8 Å².